The van der Waals surface area contributed by atoms with Crippen molar-refractivity contribution >= 4 is 10.8 Å². The summed E-state index contributed by atoms with van der Waals surface area (Å²) in [7, 11) is 6.01. The lowest BCUT2D eigenvalue weighted by Crippen LogP contribution is -3.00. The Morgan fingerprint density at radius 3 is 1.71 bits per heavy atom. The molecule has 0 saturated carbocycles. The predicted molar refractivity (Wildman–Crippen MR) is 72.9 cm³/mol. The summed E-state index contributed by atoms with van der Waals surface area (Å²) < 4.78 is 10.5. The normalized spacial score (nSPS) is 10.3. The molecule has 17 heavy (non-hydrogen) atoms. The molecule has 4 heteroatoms. The molecule has 0 aliphatic heterocycles. The molecular formula is C13H24ClNOS. The van der Waals surface area contributed by atoms with E-state index in [0.717, 1.165) is 11.0 Å². The largest absolute Gasteiger partial charge is 1.00 e. The third-order valence-electron chi connectivity index (χ3n) is 1.78. The Morgan fingerprint density at radius 2 is 1.41 bits per heavy atom. The van der Waals surface area contributed by atoms with E-state index < -0.39 is 10.8 Å². The average Bonchev–Trinajstić information content (AvgIpc) is 2.05. The van der Waals surface area contributed by atoms with Gasteiger partial charge in [0.2, 0.25) is 0 Å². The van der Waals surface area contributed by atoms with E-state index in [9.17, 15) is 4.21 Å². The Bertz CT molecular complexity index is 326. The van der Waals surface area contributed by atoms with Crippen LogP contribution in [0.4, 0.5) is 0 Å². The molecule has 0 spiro atoms. The van der Waals surface area contributed by atoms with Crippen LogP contribution in [0.3, 0.4) is 0 Å². The number of rotatable bonds is 2. The molecule has 0 aliphatic rings. The van der Waals surface area contributed by atoms with Crippen LogP contribution in [0.2, 0.25) is 0 Å². The van der Waals surface area contributed by atoms with Crippen LogP contribution in [-0.4, -0.2) is 42.3 Å². The van der Waals surface area contributed by atoms with Gasteiger partial charge >= 0.3 is 0 Å². The Morgan fingerprint density at radius 1 is 1.06 bits per heavy atom. The lowest BCUT2D eigenvalue weighted by atomic mass is 10.1. The number of aryl methyl sites for hydroxylation is 1. The van der Waals surface area contributed by atoms with Gasteiger partial charge in [-0.25, -0.2) is 0 Å². The summed E-state index contributed by atoms with van der Waals surface area (Å²) in [5, 5.41) is 0. The highest BCUT2D eigenvalue weighted by Gasteiger charge is 2.07. The molecule has 0 unspecified atom stereocenters. The topological polar surface area (TPSA) is 17.1 Å². The third-order valence-corrected chi connectivity index (χ3v) is 1.78. The van der Waals surface area contributed by atoms with Crippen molar-refractivity contribution in [2.75, 3.05) is 33.7 Å². The number of hydrogen-bond donors (Lipinski definition) is 0. The lowest BCUT2D eigenvalue weighted by Gasteiger charge is -2.23. The number of halogens is 1. The molecule has 2 nitrogen and oxygen atoms in total. The highest BCUT2D eigenvalue weighted by Crippen LogP contribution is 2.07. The number of nitrogens with zero attached hydrogens (tertiary/aromatic N) is 1. The van der Waals surface area contributed by atoms with Crippen LogP contribution in [0.1, 0.15) is 11.1 Å². The zero-order valence-electron chi connectivity index (χ0n) is 11.7. The first-order valence-electron chi connectivity index (χ1n) is 5.32. The van der Waals surface area contributed by atoms with Gasteiger partial charge in [-0.3, -0.25) is 4.21 Å². The first-order valence-corrected chi connectivity index (χ1v) is 7.28. The van der Waals surface area contributed by atoms with E-state index in [0.29, 0.717) is 0 Å². The van der Waals surface area contributed by atoms with Gasteiger partial charge < -0.3 is 16.9 Å². The minimum atomic E-state index is -0.611. The van der Waals surface area contributed by atoms with Gasteiger partial charge in [-0.1, -0.05) is 29.8 Å². The fourth-order valence-corrected chi connectivity index (χ4v) is 1.24. The van der Waals surface area contributed by atoms with Crippen molar-refractivity contribution in [2.45, 2.75) is 13.5 Å². The Balaban J connectivity index is 0. The maximum atomic E-state index is 9.56. The molecule has 0 aromatic heterocycles. The Labute approximate surface area is 114 Å². The van der Waals surface area contributed by atoms with Gasteiger partial charge in [0.15, 0.2) is 0 Å². The second-order valence-electron chi connectivity index (χ2n) is 5.18. The quantitative estimate of drug-likeness (QED) is 0.647. The molecule has 0 amide bonds. The molecule has 0 atom stereocenters. The van der Waals surface area contributed by atoms with Crippen molar-refractivity contribution in [3.05, 3.63) is 35.4 Å². The summed E-state index contributed by atoms with van der Waals surface area (Å²) in [6.07, 6.45) is 3.28. The van der Waals surface area contributed by atoms with Gasteiger partial charge in [-0.2, -0.15) is 0 Å². The van der Waals surface area contributed by atoms with E-state index in [4.69, 9.17) is 0 Å². The fourth-order valence-electron chi connectivity index (χ4n) is 1.24. The molecule has 100 valence electrons. The second kappa shape index (κ2) is 8.67. The number of quaternary nitrogens is 1. The highest BCUT2D eigenvalue weighted by molar-refractivity contribution is 7.83. The molecule has 0 aliphatic carbocycles. The molecule has 1 rings (SSSR count). The molecule has 1 aromatic rings. The van der Waals surface area contributed by atoms with Gasteiger partial charge in [0.25, 0.3) is 0 Å². The summed E-state index contributed by atoms with van der Waals surface area (Å²) in [6.45, 7) is 3.22. The first-order chi connectivity index (χ1) is 7.20. The molecule has 0 fully saturated rings. The maximum Gasteiger partial charge on any atom is 0.104 e. The van der Waals surface area contributed by atoms with Crippen molar-refractivity contribution in [2.24, 2.45) is 0 Å². The predicted octanol–water partition coefficient (Wildman–Crippen LogP) is -0.800. The standard InChI is InChI=1S/C11H18N.C2H6OS.ClH/c1-10-5-7-11(8-6-10)9-12(2,3)4;1-4(2)3;/h5-8H,9H2,1-4H3;1-2H3;1H/q+1;;/p-1. The van der Waals surface area contributed by atoms with Crippen molar-refractivity contribution < 1.29 is 21.1 Å². The summed E-state index contributed by atoms with van der Waals surface area (Å²) in [5.74, 6) is 0. The summed E-state index contributed by atoms with van der Waals surface area (Å²) in [5.41, 5.74) is 2.74. The fraction of sp³-hybridized carbons (Fsp3) is 0.538. The van der Waals surface area contributed by atoms with Crippen LogP contribution in [0, 0.1) is 6.92 Å². The van der Waals surface area contributed by atoms with E-state index in [2.05, 4.69) is 52.3 Å². The average molecular weight is 278 g/mol. The van der Waals surface area contributed by atoms with Crippen LogP contribution in [0.15, 0.2) is 24.3 Å². The molecule has 1 aromatic carbocycles. The van der Waals surface area contributed by atoms with E-state index in [1.54, 1.807) is 12.5 Å². The van der Waals surface area contributed by atoms with Gasteiger partial charge in [0.05, 0.1) is 21.1 Å². The highest BCUT2D eigenvalue weighted by atomic mass is 35.5. The van der Waals surface area contributed by atoms with E-state index >= 15 is 0 Å². The zero-order chi connectivity index (χ0) is 12.8. The summed E-state index contributed by atoms with van der Waals surface area (Å²) in [4.78, 5) is 0. The number of benzene rings is 1. The van der Waals surface area contributed by atoms with Crippen molar-refractivity contribution in [3.8, 4) is 0 Å². The van der Waals surface area contributed by atoms with Crippen LogP contribution in [0.25, 0.3) is 0 Å². The summed E-state index contributed by atoms with van der Waals surface area (Å²) >= 11 is 0. The smallest absolute Gasteiger partial charge is 0.104 e. The zero-order valence-corrected chi connectivity index (χ0v) is 13.2. The first kappa shape index (κ1) is 19.0. The van der Waals surface area contributed by atoms with Gasteiger partial charge in [0.1, 0.15) is 6.54 Å². The van der Waals surface area contributed by atoms with E-state index in [1.807, 2.05) is 0 Å². The minimum Gasteiger partial charge on any atom is -1.00 e. The monoisotopic (exact) mass is 277 g/mol. The van der Waals surface area contributed by atoms with Crippen LogP contribution in [-0.2, 0) is 17.3 Å². The number of hydrogen-bond acceptors (Lipinski definition) is 1. The minimum absolute atomic E-state index is 0. The van der Waals surface area contributed by atoms with Crippen molar-refractivity contribution in [3.63, 3.8) is 0 Å². The Kier molecular flexibility index (Phi) is 9.68. The van der Waals surface area contributed by atoms with Gasteiger partial charge in [0, 0.05) is 28.9 Å². The molecule has 0 radical (unpaired) electrons. The molecule has 0 bridgehead atoms. The Hall–Kier alpha value is -0.380. The van der Waals surface area contributed by atoms with Crippen LogP contribution in [0.5, 0.6) is 0 Å². The summed E-state index contributed by atoms with van der Waals surface area (Å²) in [6, 6.07) is 8.76. The van der Waals surface area contributed by atoms with E-state index in [-0.39, 0.29) is 12.4 Å². The third kappa shape index (κ3) is 13.6. The molecular weight excluding hydrogens is 254 g/mol. The maximum absolute atomic E-state index is 9.56. The van der Waals surface area contributed by atoms with E-state index in [1.165, 1.54) is 11.1 Å². The molecule has 0 saturated heterocycles. The van der Waals surface area contributed by atoms with Gasteiger partial charge in [-0.05, 0) is 6.92 Å². The van der Waals surface area contributed by atoms with Gasteiger partial charge in [-0.15, -0.1) is 0 Å². The molecule has 0 N–H and O–H groups in total. The van der Waals surface area contributed by atoms with Crippen LogP contribution < -0.4 is 12.4 Å². The van der Waals surface area contributed by atoms with Crippen molar-refractivity contribution in [1.29, 1.82) is 0 Å². The second-order valence-corrected chi connectivity index (χ2v) is 6.66. The van der Waals surface area contributed by atoms with Crippen molar-refractivity contribution in [1.82, 2.24) is 0 Å². The SMILES string of the molecule is CS(C)=O.Cc1ccc(C[N+](C)(C)C)cc1.[Cl-]. The van der Waals surface area contributed by atoms with Crippen LogP contribution >= 0.6 is 0 Å². The molecule has 0 heterocycles. The lowest BCUT2D eigenvalue weighted by molar-refractivity contribution is -0.884.